The number of β-amino-alcohol motifs (C(OH)–C–C–N with tert-alkyl or cyclic N) is 1. The fourth-order valence-electron chi connectivity index (χ4n) is 2.07. The number of piperidine rings is 1. The molecule has 0 aliphatic carbocycles. The molecule has 0 unspecified atom stereocenters. The summed E-state index contributed by atoms with van der Waals surface area (Å²) in [5.41, 5.74) is 0.987. The Morgan fingerprint density at radius 2 is 2.31 bits per heavy atom. The van der Waals surface area contributed by atoms with Crippen molar-refractivity contribution in [1.82, 2.24) is 4.90 Å². The number of aliphatic hydroxyl groups is 1. The van der Waals surface area contributed by atoms with Crippen molar-refractivity contribution in [3.8, 4) is 0 Å². The van der Waals surface area contributed by atoms with E-state index in [9.17, 15) is 9.50 Å². The van der Waals surface area contributed by atoms with E-state index in [-0.39, 0.29) is 16.9 Å². The molecule has 0 spiro atoms. The Balaban J connectivity index is 2.00. The van der Waals surface area contributed by atoms with Crippen LogP contribution in [0.1, 0.15) is 18.4 Å². The highest BCUT2D eigenvalue weighted by Crippen LogP contribution is 2.19. The summed E-state index contributed by atoms with van der Waals surface area (Å²) in [6.45, 7) is 2.39. The molecule has 0 amide bonds. The van der Waals surface area contributed by atoms with Gasteiger partial charge in [0.1, 0.15) is 5.82 Å². The van der Waals surface area contributed by atoms with E-state index in [1.807, 2.05) is 0 Å². The number of benzene rings is 1. The number of halogens is 2. The van der Waals surface area contributed by atoms with Crippen LogP contribution in [0.15, 0.2) is 18.2 Å². The average molecular weight is 244 g/mol. The van der Waals surface area contributed by atoms with Crippen LogP contribution in [0.2, 0.25) is 5.02 Å². The lowest BCUT2D eigenvalue weighted by Crippen LogP contribution is -2.37. The lowest BCUT2D eigenvalue weighted by Gasteiger charge is -2.29. The van der Waals surface area contributed by atoms with Crippen LogP contribution in [-0.4, -0.2) is 29.2 Å². The van der Waals surface area contributed by atoms with Gasteiger partial charge in [0.25, 0.3) is 0 Å². The van der Waals surface area contributed by atoms with E-state index in [4.69, 9.17) is 11.6 Å². The third-order valence-electron chi connectivity index (χ3n) is 2.87. The maximum absolute atomic E-state index is 13.0. The van der Waals surface area contributed by atoms with E-state index in [1.165, 1.54) is 6.07 Å². The first-order valence-electron chi connectivity index (χ1n) is 5.49. The largest absolute Gasteiger partial charge is 0.392 e. The van der Waals surface area contributed by atoms with E-state index in [0.29, 0.717) is 6.54 Å². The van der Waals surface area contributed by atoms with Crippen molar-refractivity contribution in [2.75, 3.05) is 13.1 Å². The van der Waals surface area contributed by atoms with Crippen molar-refractivity contribution in [2.45, 2.75) is 25.5 Å². The summed E-state index contributed by atoms with van der Waals surface area (Å²) in [4.78, 5) is 2.16. The van der Waals surface area contributed by atoms with Gasteiger partial charge in [0.15, 0.2) is 0 Å². The minimum Gasteiger partial charge on any atom is -0.392 e. The summed E-state index contributed by atoms with van der Waals surface area (Å²) < 4.78 is 13.0. The molecule has 1 fully saturated rings. The second-order valence-corrected chi connectivity index (χ2v) is 4.69. The molecule has 88 valence electrons. The van der Waals surface area contributed by atoms with Crippen LogP contribution in [-0.2, 0) is 6.54 Å². The molecule has 1 aromatic carbocycles. The molecule has 1 saturated heterocycles. The van der Waals surface area contributed by atoms with Crippen molar-refractivity contribution in [1.29, 1.82) is 0 Å². The first-order chi connectivity index (χ1) is 7.65. The first-order valence-corrected chi connectivity index (χ1v) is 5.87. The van der Waals surface area contributed by atoms with E-state index < -0.39 is 0 Å². The van der Waals surface area contributed by atoms with Crippen molar-refractivity contribution in [3.63, 3.8) is 0 Å². The predicted octanol–water partition coefficient (Wildman–Crippen LogP) is 2.44. The van der Waals surface area contributed by atoms with E-state index in [0.717, 1.165) is 31.5 Å². The molecule has 0 aromatic heterocycles. The van der Waals surface area contributed by atoms with Gasteiger partial charge in [0.2, 0.25) is 0 Å². The zero-order chi connectivity index (χ0) is 11.5. The monoisotopic (exact) mass is 243 g/mol. The number of hydrogen-bond donors (Lipinski definition) is 1. The Morgan fingerprint density at radius 1 is 1.50 bits per heavy atom. The van der Waals surface area contributed by atoms with Crippen LogP contribution in [0, 0.1) is 5.82 Å². The minimum absolute atomic E-state index is 0.162. The Kier molecular flexibility index (Phi) is 3.79. The van der Waals surface area contributed by atoms with Gasteiger partial charge < -0.3 is 5.11 Å². The van der Waals surface area contributed by atoms with Gasteiger partial charge in [-0.3, -0.25) is 4.90 Å². The zero-order valence-electron chi connectivity index (χ0n) is 9.00. The molecule has 0 bridgehead atoms. The number of likely N-dealkylation sites (tertiary alicyclic amines) is 1. The molecular weight excluding hydrogens is 229 g/mol. The lowest BCUT2D eigenvalue weighted by atomic mass is 10.1. The average Bonchev–Trinajstić information content (AvgIpc) is 2.24. The van der Waals surface area contributed by atoms with Gasteiger partial charge in [-0.05, 0) is 37.1 Å². The van der Waals surface area contributed by atoms with Gasteiger partial charge in [0.05, 0.1) is 11.1 Å². The molecule has 1 heterocycles. The second-order valence-electron chi connectivity index (χ2n) is 4.28. The standard InChI is InChI=1S/C12H15ClFNO/c13-11-6-9(3-4-12(11)14)7-15-5-1-2-10(16)8-15/h3-4,6,10,16H,1-2,5,7-8H2/t10-/m0/s1. The highest BCUT2D eigenvalue weighted by atomic mass is 35.5. The summed E-state index contributed by atoms with van der Waals surface area (Å²) in [5.74, 6) is -0.385. The Morgan fingerprint density at radius 3 is 3.00 bits per heavy atom. The number of rotatable bonds is 2. The van der Waals surface area contributed by atoms with Gasteiger partial charge in [-0.1, -0.05) is 17.7 Å². The van der Waals surface area contributed by atoms with Crippen molar-refractivity contribution >= 4 is 11.6 Å². The minimum atomic E-state index is -0.385. The quantitative estimate of drug-likeness (QED) is 0.863. The van der Waals surface area contributed by atoms with Crippen LogP contribution in [0.3, 0.4) is 0 Å². The topological polar surface area (TPSA) is 23.5 Å². The van der Waals surface area contributed by atoms with Gasteiger partial charge >= 0.3 is 0 Å². The van der Waals surface area contributed by atoms with Gasteiger partial charge in [-0.2, -0.15) is 0 Å². The second kappa shape index (κ2) is 5.13. The summed E-state index contributed by atoms with van der Waals surface area (Å²) >= 11 is 5.72. The third kappa shape index (κ3) is 2.94. The van der Waals surface area contributed by atoms with Crippen molar-refractivity contribution < 1.29 is 9.50 Å². The molecule has 1 aromatic rings. The van der Waals surface area contributed by atoms with E-state index >= 15 is 0 Å². The van der Waals surface area contributed by atoms with Crippen LogP contribution in [0.4, 0.5) is 4.39 Å². The van der Waals surface area contributed by atoms with Crippen LogP contribution >= 0.6 is 11.6 Å². The molecule has 1 aliphatic heterocycles. The van der Waals surface area contributed by atoms with Gasteiger partial charge in [-0.15, -0.1) is 0 Å². The molecule has 1 aliphatic rings. The van der Waals surface area contributed by atoms with Crippen LogP contribution in [0.25, 0.3) is 0 Å². The summed E-state index contributed by atoms with van der Waals surface area (Å²) in [6.07, 6.45) is 1.65. The third-order valence-corrected chi connectivity index (χ3v) is 3.16. The highest BCUT2D eigenvalue weighted by Gasteiger charge is 2.17. The van der Waals surface area contributed by atoms with E-state index in [2.05, 4.69) is 4.90 Å². The summed E-state index contributed by atoms with van der Waals surface area (Å²) in [7, 11) is 0. The predicted molar refractivity (Wildman–Crippen MR) is 61.9 cm³/mol. The molecule has 2 nitrogen and oxygen atoms in total. The Hall–Kier alpha value is -0.640. The molecule has 2 rings (SSSR count). The fourth-order valence-corrected chi connectivity index (χ4v) is 2.27. The van der Waals surface area contributed by atoms with Gasteiger partial charge in [-0.25, -0.2) is 4.39 Å². The maximum Gasteiger partial charge on any atom is 0.141 e. The Labute approximate surface area is 99.6 Å². The first kappa shape index (κ1) is 11.8. The highest BCUT2D eigenvalue weighted by molar-refractivity contribution is 6.30. The summed E-state index contributed by atoms with van der Waals surface area (Å²) in [5, 5.41) is 9.69. The fraction of sp³-hybridized carbons (Fsp3) is 0.500. The maximum atomic E-state index is 13.0. The van der Waals surface area contributed by atoms with Crippen LogP contribution in [0.5, 0.6) is 0 Å². The van der Waals surface area contributed by atoms with E-state index in [1.54, 1.807) is 12.1 Å². The number of aliphatic hydroxyl groups excluding tert-OH is 1. The number of nitrogens with zero attached hydrogens (tertiary/aromatic N) is 1. The van der Waals surface area contributed by atoms with Gasteiger partial charge in [0, 0.05) is 13.1 Å². The molecule has 1 atom stereocenters. The molecule has 16 heavy (non-hydrogen) atoms. The molecule has 0 saturated carbocycles. The molecule has 4 heteroatoms. The molecule has 0 radical (unpaired) electrons. The normalized spacial score (nSPS) is 22.3. The number of hydrogen-bond acceptors (Lipinski definition) is 2. The summed E-state index contributed by atoms with van der Waals surface area (Å²) in [6, 6.07) is 4.78. The van der Waals surface area contributed by atoms with Crippen molar-refractivity contribution in [3.05, 3.63) is 34.6 Å². The van der Waals surface area contributed by atoms with Crippen molar-refractivity contribution in [2.24, 2.45) is 0 Å². The molecular formula is C12H15ClFNO. The smallest absolute Gasteiger partial charge is 0.141 e. The molecule has 1 N–H and O–H groups in total. The Bertz CT molecular complexity index is 372. The zero-order valence-corrected chi connectivity index (χ0v) is 9.75. The lowest BCUT2D eigenvalue weighted by molar-refractivity contribution is 0.0668. The van der Waals surface area contributed by atoms with Crippen LogP contribution < -0.4 is 0 Å². The SMILES string of the molecule is O[C@H]1CCCN(Cc2ccc(F)c(Cl)c2)C1.